The van der Waals surface area contributed by atoms with Crippen LogP contribution in [0.4, 0.5) is 0 Å². The first-order valence-corrected chi connectivity index (χ1v) is 8.33. The van der Waals surface area contributed by atoms with Crippen molar-refractivity contribution in [2.75, 3.05) is 45.9 Å². The lowest BCUT2D eigenvalue weighted by molar-refractivity contribution is 0.0322. The van der Waals surface area contributed by atoms with E-state index in [2.05, 4.69) is 50.9 Å². The predicted octanol–water partition coefficient (Wildman–Crippen LogP) is 2.70. The van der Waals surface area contributed by atoms with Gasteiger partial charge in [0.15, 0.2) is 0 Å². The summed E-state index contributed by atoms with van der Waals surface area (Å²) in [5, 5.41) is 0. The first-order chi connectivity index (χ1) is 9.74. The van der Waals surface area contributed by atoms with Crippen molar-refractivity contribution in [1.82, 2.24) is 9.80 Å². The molecule has 3 rings (SSSR count). The van der Waals surface area contributed by atoms with E-state index in [-0.39, 0.29) is 0 Å². The Balaban J connectivity index is 1.60. The van der Waals surface area contributed by atoms with Crippen LogP contribution in [0.25, 0.3) is 0 Å². The zero-order valence-electron chi connectivity index (χ0n) is 12.1. The summed E-state index contributed by atoms with van der Waals surface area (Å²) >= 11 is 3.70. The van der Waals surface area contributed by atoms with Crippen LogP contribution in [-0.2, 0) is 11.3 Å². The summed E-state index contributed by atoms with van der Waals surface area (Å²) in [6, 6.07) is 6.59. The molecule has 0 N–H and O–H groups in total. The average molecular weight is 339 g/mol. The molecule has 110 valence electrons. The van der Waals surface area contributed by atoms with Crippen molar-refractivity contribution in [3.05, 3.63) is 33.8 Å². The van der Waals surface area contributed by atoms with Gasteiger partial charge in [-0.25, -0.2) is 0 Å². The van der Waals surface area contributed by atoms with Gasteiger partial charge in [0.1, 0.15) is 0 Å². The summed E-state index contributed by atoms with van der Waals surface area (Å²) in [5.41, 5.74) is 3.00. The van der Waals surface area contributed by atoms with E-state index in [4.69, 9.17) is 4.74 Å². The fourth-order valence-electron chi connectivity index (χ4n) is 3.33. The normalized spacial score (nSPS) is 24.6. The SMILES string of the molecule is CC1CN(CCN2CCOCC2)Cc2cccc(Br)c21. The average Bonchev–Trinajstić information content (AvgIpc) is 2.46. The van der Waals surface area contributed by atoms with E-state index >= 15 is 0 Å². The van der Waals surface area contributed by atoms with Crippen molar-refractivity contribution in [3.63, 3.8) is 0 Å². The highest BCUT2D eigenvalue weighted by atomic mass is 79.9. The van der Waals surface area contributed by atoms with E-state index in [0.29, 0.717) is 5.92 Å². The molecule has 1 aromatic carbocycles. The molecule has 1 fully saturated rings. The summed E-state index contributed by atoms with van der Waals surface area (Å²) in [6.45, 7) is 10.9. The summed E-state index contributed by atoms with van der Waals surface area (Å²) < 4.78 is 6.68. The monoisotopic (exact) mass is 338 g/mol. The molecule has 3 nitrogen and oxygen atoms in total. The molecule has 1 saturated heterocycles. The molecule has 0 spiro atoms. The smallest absolute Gasteiger partial charge is 0.0594 e. The lowest BCUT2D eigenvalue weighted by Crippen LogP contribution is -2.43. The van der Waals surface area contributed by atoms with Crippen molar-refractivity contribution in [2.45, 2.75) is 19.4 Å². The Morgan fingerprint density at radius 2 is 1.95 bits per heavy atom. The Bertz CT molecular complexity index is 460. The zero-order chi connectivity index (χ0) is 13.9. The maximum Gasteiger partial charge on any atom is 0.0594 e. The largest absolute Gasteiger partial charge is 0.379 e. The Hall–Kier alpha value is -0.420. The van der Waals surface area contributed by atoms with Crippen molar-refractivity contribution >= 4 is 15.9 Å². The number of halogens is 1. The number of fused-ring (bicyclic) bond motifs is 1. The highest BCUT2D eigenvalue weighted by Crippen LogP contribution is 2.33. The van der Waals surface area contributed by atoms with E-state index in [0.717, 1.165) is 39.4 Å². The lowest BCUT2D eigenvalue weighted by atomic mass is 9.91. The molecule has 1 atom stereocenters. The van der Waals surface area contributed by atoms with Gasteiger partial charge < -0.3 is 4.74 Å². The van der Waals surface area contributed by atoms with Crippen LogP contribution in [0.15, 0.2) is 22.7 Å². The quantitative estimate of drug-likeness (QED) is 0.842. The first kappa shape index (κ1) is 14.5. The van der Waals surface area contributed by atoms with Crippen molar-refractivity contribution in [1.29, 1.82) is 0 Å². The highest BCUT2D eigenvalue weighted by molar-refractivity contribution is 9.10. The molecule has 2 heterocycles. The van der Waals surface area contributed by atoms with E-state index in [1.807, 2.05) is 0 Å². The third-order valence-electron chi connectivity index (χ3n) is 4.40. The van der Waals surface area contributed by atoms with Gasteiger partial charge in [0.2, 0.25) is 0 Å². The van der Waals surface area contributed by atoms with Crippen molar-refractivity contribution in [3.8, 4) is 0 Å². The molecule has 0 radical (unpaired) electrons. The fourth-order valence-corrected chi connectivity index (χ4v) is 4.13. The van der Waals surface area contributed by atoms with E-state index in [1.54, 1.807) is 0 Å². The number of nitrogens with zero attached hydrogens (tertiary/aromatic N) is 2. The zero-order valence-corrected chi connectivity index (χ0v) is 13.7. The van der Waals surface area contributed by atoms with E-state index < -0.39 is 0 Å². The summed E-state index contributed by atoms with van der Waals surface area (Å²) in [7, 11) is 0. The third kappa shape index (κ3) is 3.25. The first-order valence-electron chi connectivity index (χ1n) is 7.54. The van der Waals surface area contributed by atoms with Crippen LogP contribution >= 0.6 is 15.9 Å². The molecular weight excluding hydrogens is 316 g/mol. The molecule has 4 heteroatoms. The Labute approximate surface area is 130 Å². The molecule has 0 aliphatic carbocycles. The predicted molar refractivity (Wildman–Crippen MR) is 85.1 cm³/mol. The second-order valence-electron chi connectivity index (χ2n) is 5.90. The van der Waals surface area contributed by atoms with Crippen LogP contribution in [0.2, 0.25) is 0 Å². The fraction of sp³-hybridized carbons (Fsp3) is 0.625. The summed E-state index contributed by atoms with van der Waals surface area (Å²) in [6.07, 6.45) is 0. The van der Waals surface area contributed by atoms with Crippen LogP contribution in [-0.4, -0.2) is 55.7 Å². The second kappa shape index (κ2) is 6.56. The molecule has 2 aliphatic rings. The molecule has 0 saturated carbocycles. The maximum absolute atomic E-state index is 5.41. The standard InChI is InChI=1S/C16H23BrN2O/c1-13-11-19(6-5-18-7-9-20-10-8-18)12-14-3-2-4-15(17)16(13)14/h2-4,13H,5-12H2,1H3. The van der Waals surface area contributed by atoms with E-state index in [9.17, 15) is 0 Å². The van der Waals surface area contributed by atoms with Crippen LogP contribution in [0.3, 0.4) is 0 Å². The highest BCUT2D eigenvalue weighted by Gasteiger charge is 2.24. The number of hydrogen-bond donors (Lipinski definition) is 0. The van der Waals surface area contributed by atoms with Crippen LogP contribution < -0.4 is 0 Å². The number of hydrogen-bond acceptors (Lipinski definition) is 3. The number of ether oxygens (including phenoxy) is 1. The van der Waals surface area contributed by atoms with Gasteiger partial charge in [-0.15, -0.1) is 0 Å². The van der Waals surface area contributed by atoms with Gasteiger partial charge in [0.25, 0.3) is 0 Å². The molecule has 2 aliphatic heterocycles. The Morgan fingerprint density at radius 3 is 2.75 bits per heavy atom. The van der Waals surface area contributed by atoms with Gasteiger partial charge in [-0.05, 0) is 23.1 Å². The number of benzene rings is 1. The Morgan fingerprint density at radius 1 is 1.20 bits per heavy atom. The maximum atomic E-state index is 5.41. The van der Waals surface area contributed by atoms with Gasteiger partial charge >= 0.3 is 0 Å². The molecule has 0 bridgehead atoms. The summed E-state index contributed by atoms with van der Waals surface area (Å²) in [4.78, 5) is 5.11. The minimum Gasteiger partial charge on any atom is -0.379 e. The van der Waals surface area contributed by atoms with Crippen LogP contribution in [0, 0.1) is 0 Å². The molecule has 20 heavy (non-hydrogen) atoms. The third-order valence-corrected chi connectivity index (χ3v) is 5.09. The number of morpholine rings is 1. The van der Waals surface area contributed by atoms with E-state index in [1.165, 1.54) is 28.7 Å². The molecule has 1 unspecified atom stereocenters. The van der Waals surface area contributed by atoms with Gasteiger partial charge in [-0.3, -0.25) is 9.80 Å². The van der Waals surface area contributed by atoms with Gasteiger partial charge in [0.05, 0.1) is 13.2 Å². The molecule has 0 amide bonds. The topological polar surface area (TPSA) is 15.7 Å². The molecule has 1 aromatic rings. The lowest BCUT2D eigenvalue weighted by Gasteiger charge is -2.35. The van der Waals surface area contributed by atoms with Gasteiger partial charge in [-0.1, -0.05) is 35.0 Å². The molecular formula is C16H23BrN2O. The molecule has 0 aromatic heterocycles. The van der Waals surface area contributed by atoms with Gasteiger partial charge in [0, 0.05) is 43.7 Å². The second-order valence-corrected chi connectivity index (χ2v) is 6.76. The summed E-state index contributed by atoms with van der Waals surface area (Å²) in [5.74, 6) is 0.610. The van der Waals surface area contributed by atoms with Crippen LogP contribution in [0.1, 0.15) is 24.0 Å². The van der Waals surface area contributed by atoms with Crippen molar-refractivity contribution in [2.24, 2.45) is 0 Å². The van der Waals surface area contributed by atoms with Crippen molar-refractivity contribution < 1.29 is 4.74 Å². The minimum absolute atomic E-state index is 0.610. The number of rotatable bonds is 3. The van der Waals surface area contributed by atoms with Crippen LogP contribution in [0.5, 0.6) is 0 Å². The van der Waals surface area contributed by atoms with Gasteiger partial charge in [-0.2, -0.15) is 0 Å². The minimum atomic E-state index is 0.610. The Kier molecular flexibility index (Phi) is 4.76.